The van der Waals surface area contributed by atoms with Crippen LogP contribution in [0.15, 0.2) is 24.3 Å². The maximum atomic E-state index is 12.2. The topological polar surface area (TPSA) is 70.7 Å². The van der Waals surface area contributed by atoms with Crippen molar-refractivity contribution in [2.24, 2.45) is 5.92 Å². The number of ether oxygens (including phenoxy) is 1. The summed E-state index contributed by atoms with van der Waals surface area (Å²) in [5, 5.41) is 6.24. The van der Waals surface area contributed by atoms with Crippen molar-refractivity contribution in [3.05, 3.63) is 24.3 Å². The molecule has 0 bridgehead atoms. The fourth-order valence-corrected chi connectivity index (χ4v) is 2.94. The van der Waals surface area contributed by atoms with E-state index >= 15 is 0 Å². The van der Waals surface area contributed by atoms with Gasteiger partial charge in [0.25, 0.3) is 5.91 Å². The van der Waals surface area contributed by atoms with Crippen LogP contribution in [-0.4, -0.2) is 50.0 Å². The molecule has 1 aliphatic rings. The summed E-state index contributed by atoms with van der Waals surface area (Å²) in [6, 6.07) is 7.57. The van der Waals surface area contributed by atoms with Gasteiger partial charge in [-0.3, -0.25) is 9.59 Å². The quantitative estimate of drug-likeness (QED) is 0.794. The zero-order chi connectivity index (χ0) is 18.2. The summed E-state index contributed by atoms with van der Waals surface area (Å²) < 4.78 is 5.48. The van der Waals surface area contributed by atoms with E-state index in [4.69, 9.17) is 4.74 Å². The molecule has 0 spiro atoms. The monoisotopic (exact) mass is 347 g/mol. The predicted molar refractivity (Wildman–Crippen MR) is 98.7 cm³/mol. The van der Waals surface area contributed by atoms with Crippen molar-refractivity contribution in [1.29, 1.82) is 0 Å². The lowest BCUT2D eigenvalue weighted by Gasteiger charge is -2.29. The molecule has 2 amide bonds. The van der Waals surface area contributed by atoms with Gasteiger partial charge >= 0.3 is 0 Å². The van der Waals surface area contributed by atoms with Crippen molar-refractivity contribution in [3.63, 3.8) is 0 Å². The highest BCUT2D eigenvalue weighted by molar-refractivity contribution is 5.81. The van der Waals surface area contributed by atoms with Crippen LogP contribution in [0.25, 0.3) is 0 Å². The third kappa shape index (κ3) is 6.29. The minimum Gasteiger partial charge on any atom is -0.484 e. The van der Waals surface area contributed by atoms with E-state index < -0.39 is 0 Å². The summed E-state index contributed by atoms with van der Waals surface area (Å²) in [7, 11) is 3.38. The molecule has 1 fully saturated rings. The van der Waals surface area contributed by atoms with Crippen LogP contribution < -0.4 is 15.4 Å². The Morgan fingerprint density at radius 1 is 1.24 bits per heavy atom. The first-order valence-corrected chi connectivity index (χ1v) is 8.92. The van der Waals surface area contributed by atoms with E-state index in [9.17, 15) is 9.59 Å². The summed E-state index contributed by atoms with van der Waals surface area (Å²) in [6.45, 7) is 2.42. The first-order chi connectivity index (χ1) is 12.0. The lowest BCUT2D eigenvalue weighted by Crippen LogP contribution is -2.43. The molecule has 0 unspecified atom stereocenters. The molecule has 2 rings (SSSR count). The third-order valence-electron chi connectivity index (χ3n) is 4.61. The van der Waals surface area contributed by atoms with Crippen molar-refractivity contribution in [2.45, 2.75) is 38.6 Å². The number of nitrogens with one attached hydrogen (secondary N) is 2. The first kappa shape index (κ1) is 19.1. The lowest BCUT2D eigenvalue weighted by atomic mass is 9.86. The summed E-state index contributed by atoms with van der Waals surface area (Å²) in [6.07, 6.45) is 4.70. The molecule has 0 heterocycles. The standard InChI is InChI=1S/C19H29N3O3/c1-14-7-4-5-10-17(14)21-18(23)12-20-15-8-6-9-16(11-15)25-13-19(24)22(2)3/h6,8-9,11,14,17,20H,4-5,7,10,12-13H2,1-3H3,(H,21,23)/t14-,17-/m1/s1. The number of anilines is 1. The number of likely N-dealkylation sites (N-methyl/N-ethyl adjacent to an activating group) is 1. The van der Waals surface area contributed by atoms with Gasteiger partial charge in [-0.05, 0) is 30.9 Å². The molecule has 25 heavy (non-hydrogen) atoms. The van der Waals surface area contributed by atoms with Gasteiger partial charge in [0.05, 0.1) is 6.54 Å². The van der Waals surface area contributed by atoms with Gasteiger partial charge in [-0.1, -0.05) is 25.8 Å². The highest BCUT2D eigenvalue weighted by Crippen LogP contribution is 2.23. The average molecular weight is 347 g/mol. The van der Waals surface area contributed by atoms with Gasteiger partial charge < -0.3 is 20.3 Å². The molecule has 6 heteroatoms. The minimum absolute atomic E-state index is 0.00346. The van der Waals surface area contributed by atoms with Crippen molar-refractivity contribution in [1.82, 2.24) is 10.2 Å². The second kappa shape index (κ2) is 9.30. The Balaban J connectivity index is 1.79. The molecule has 6 nitrogen and oxygen atoms in total. The normalized spacial score (nSPS) is 19.8. The van der Waals surface area contributed by atoms with Gasteiger partial charge in [-0.15, -0.1) is 0 Å². The van der Waals surface area contributed by atoms with E-state index in [2.05, 4.69) is 17.6 Å². The van der Waals surface area contributed by atoms with E-state index in [0.29, 0.717) is 11.7 Å². The number of carbonyl (C=O) groups excluding carboxylic acids is 2. The van der Waals surface area contributed by atoms with Gasteiger partial charge in [0.1, 0.15) is 5.75 Å². The Kier molecular flexibility index (Phi) is 7.10. The Hall–Kier alpha value is -2.24. The average Bonchev–Trinajstić information content (AvgIpc) is 2.60. The number of carbonyl (C=O) groups is 2. The molecule has 0 aliphatic heterocycles. The van der Waals surface area contributed by atoms with Gasteiger partial charge in [0, 0.05) is 31.9 Å². The van der Waals surface area contributed by atoms with Crippen molar-refractivity contribution >= 4 is 17.5 Å². The van der Waals surface area contributed by atoms with E-state index in [1.54, 1.807) is 26.2 Å². The maximum Gasteiger partial charge on any atom is 0.259 e. The maximum absolute atomic E-state index is 12.2. The number of hydrogen-bond acceptors (Lipinski definition) is 4. The Morgan fingerprint density at radius 2 is 2.00 bits per heavy atom. The van der Waals surface area contributed by atoms with Crippen LogP contribution in [0, 0.1) is 5.92 Å². The van der Waals surface area contributed by atoms with Crippen LogP contribution >= 0.6 is 0 Å². The highest BCUT2D eigenvalue weighted by Gasteiger charge is 2.22. The van der Waals surface area contributed by atoms with Crippen molar-refractivity contribution in [3.8, 4) is 5.75 Å². The molecule has 1 aromatic carbocycles. The zero-order valence-corrected chi connectivity index (χ0v) is 15.4. The third-order valence-corrected chi connectivity index (χ3v) is 4.61. The van der Waals surface area contributed by atoms with Crippen molar-refractivity contribution < 1.29 is 14.3 Å². The Labute approximate surface area is 149 Å². The summed E-state index contributed by atoms with van der Waals surface area (Å²) >= 11 is 0. The van der Waals surface area contributed by atoms with Crippen LogP contribution in [0.2, 0.25) is 0 Å². The molecular weight excluding hydrogens is 318 g/mol. The number of rotatable bonds is 7. The van der Waals surface area contributed by atoms with E-state index in [-0.39, 0.29) is 31.0 Å². The van der Waals surface area contributed by atoms with Crippen molar-refractivity contribution in [2.75, 3.05) is 32.6 Å². The Bertz CT molecular complexity index is 589. The summed E-state index contributed by atoms with van der Waals surface area (Å²) in [5.41, 5.74) is 0.793. The van der Waals surface area contributed by atoms with Crippen LogP contribution in [0.5, 0.6) is 5.75 Å². The molecule has 0 aromatic heterocycles. The largest absolute Gasteiger partial charge is 0.484 e. The summed E-state index contributed by atoms with van der Waals surface area (Å²) in [5.74, 6) is 1.05. The number of benzene rings is 1. The van der Waals surface area contributed by atoms with Gasteiger partial charge in [0.2, 0.25) is 5.91 Å². The van der Waals surface area contributed by atoms with E-state index in [0.717, 1.165) is 12.1 Å². The number of hydrogen-bond donors (Lipinski definition) is 2. The van der Waals surface area contributed by atoms with Crippen LogP contribution in [-0.2, 0) is 9.59 Å². The van der Waals surface area contributed by atoms with Gasteiger partial charge in [0.15, 0.2) is 6.61 Å². The summed E-state index contributed by atoms with van der Waals surface area (Å²) in [4.78, 5) is 25.2. The molecule has 0 radical (unpaired) electrons. The number of amides is 2. The van der Waals surface area contributed by atoms with Crippen LogP contribution in [0.3, 0.4) is 0 Å². The van der Waals surface area contributed by atoms with Crippen LogP contribution in [0.1, 0.15) is 32.6 Å². The lowest BCUT2D eigenvalue weighted by molar-refractivity contribution is -0.130. The zero-order valence-electron chi connectivity index (χ0n) is 15.4. The highest BCUT2D eigenvalue weighted by atomic mass is 16.5. The molecule has 2 atom stereocenters. The minimum atomic E-state index is -0.0978. The molecule has 1 aliphatic carbocycles. The number of nitrogens with zero attached hydrogens (tertiary/aromatic N) is 1. The second-order valence-electron chi connectivity index (χ2n) is 6.89. The first-order valence-electron chi connectivity index (χ1n) is 8.92. The van der Waals surface area contributed by atoms with E-state index in [1.165, 1.54) is 24.2 Å². The molecule has 138 valence electrons. The van der Waals surface area contributed by atoms with Gasteiger partial charge in [-0.2, -0.15) is 0 Å². The molecule has 2 N–H and O–H groups in total. The second-order valence-corrected chi connectivity index (χ2v) is 6.89. The Morgan fingerprint density at radius 3 is 2.72 bits per heavy atom. The molecule has 1 aromatic rings. The molecule has 0 saturated heterocycles. The van der Waals surface area contributed by atoms with Crippen LogP contribution in [0.4, 0.5) is 5.69 Å². The van der Waals surface area contributed by atoms with Gasteiger partial charge in [-0.25, -0.2) is 0 Å². The fraction of sp³-hybridized carbons (Fsp3) is 0.579. The SMILES string of the molecule is C[C@@H]1CCCC[C@H]1NC(=O)CNc1cccc(OCC(=O)N(C)C)c1. The molecular formula is C19H29N3O3. The predicted octanol–water partition coefficient (Wildman–Crippen LogP) is 2.26. The van der Waals surface area contributed by atoms with E-state index in [1.807, 2.05) is 12.1 Å². The smallest absolute Gasteiger partial charge is 0.259 e. The fourth-order valence-electron chi connectivity index (χ4n) is 2.94. The molecule has 1 saturated carbocycles.